The molecule has 1 saturated heterocycles. The number of benzene rings is 1. The molecule has 2 aromatic rings. The van der Waals surface area contributed by atoms with Crippen molar-refractivity contribution >= 4 is 23.2 Å². The van der Waals surface area contributed by atoms with Gasteiger partial charge in [0.1, 0.15) is 11.4 Å². The van der Waals surface area contributed by atoms with E-state index in [0.29, 0.717) is 22.4 Å². The van der Waals surface area contributed by atoms with Crippen molar-refractivity contribution in [3.8, 4) is 5.75 Å². The van der Waals surface area contributed by atoms with Gasteiger partial charge in [-0.25, -0.2) is 0 Å². The molecule has 110 valence electrons. The van der Waals surface area contributed by atoms with Crippen LogP contribution < -0.4 is 4.74 Å². The van der Waals surface area contributed by atoms with E-state index in [1.807, 2.05) is 25.3 Å². The minimum absolute atomic E-state index is 0.0358. The first-order valence-corrected chi connectivity index (χ1v) is 7.51. The highest BCUT2D eigenvalue weighted by molar-refractivity contribution is 6.35. The summed E-state index contributed by atoms with van der Waals surface area (Å²) in [7, 11) is 0. The highest BCUT2D eigenvalue weighted by Crippen LogP contribution is 2.43. The van der Waals surface area contributed by atoms with Crippen molar-refractivity contribution in [2.75, 3.05) is 6.61 Å². The average molecular weight is 324 g/mol. The first-order chi connectivity index (χ1) is 10.1. The average Bonchev–Trinajstić information content (AvgIpc) is 3.24. The molecule has 0 amide bonds. The summed E-state index contributed by atoms with van der Waals surface area (Å²) in [5, 5.41) is 1.11. The minimum Gasteiger partial charge on any atom is -0.489 e. The Morgan fingerprint density at radius 2 is 2.19 bits per heavy atom. The molecular weight excluding hydrogens is 309 g/mol. The lowest BCUT2D eigenvalue weighted by Crippen LogP contribution is -2.22. The predicted molar refractivity (Wildman–Crippen MR) is 83.0 cm³/mol. The number of aromatic nitrogens is 1. The van der Waals surface area contributed by atoms with Crippen LogP contribution in [0.3, 0.4) is 0 Å². The molecule has 0 bridgehead atoms. The number of pyridine rings is 1. The van der Waals surface area contributed by atoms with Crippen molar-refractivity contribution in [3.63, 3.8) is 0 Å². The van der Waals surface area contributed by atoms with Gasteiger partial charge in [-0.3, -0.25) is 4.98 Å². The van der Waals surface area contributed by atoms with E-state index in [-0.39, 0.29) is 11.7 Å². The number of ether oxygens (including phenoxy) is 2. The van der Waals surface area contributed by atoms with Crippen molar-refractivity contribution in [3.05, 3.63) is 58.3 Å². The smallest absolute Gasteiger partial charge is 0.138 e. The van der Waals surface area contributed by atoms with Gasteiger partial charge in [-0.2, -0.15) is 0 Å². The molecule has 21 heavy (non-hydrogen) atoms. The Morgan fingerprint density at radius 3 is 2.81 bits per heavy atom. The molecule has 3 nitrogen and oxygen atoms in total. The first-order valence-electron chi connectivity index (χ1n) is 6.75. The molecule has 3 rings (SSSR count). The van der Waals surface area contributed by atoms with Crippen LogP contribution in [0.5, 0.6) is 5.75 Å². The SMILES string of the molecule is CC(CC1(c2cccnc2)CO1)Oc1ccc(Cl)cc1Cl. The molecule has 2 unspecified atom stereocenters. The summed E-state index contributed by atoms with van der Waals surface area (Å²) in [5.74, 6) is 0.635. The Morgan fingerprint density at radius 1 is 1.38 bits per heavy atom. The summed E-state index contributed by atoms with van der Waals surface area (Å²) >= 11 is 12.0. The maximum atomic E-state index is 6.13. The number of hydrogen-bond donors (Lipinski definition) is 0. The van der Waals surface area contributed by atoms with E-state index in [4.69, 9.17) is 32.7 Å². The number of epoxide rings is 1. The molecule has 5 heteroatoms. The van der Waals surface area contributed by atoms with E-state index in [9.17, 15) is 0 Å². The number of hydrogen-bond acceptors (Lipinski definition) is 3. The van der Waals surface area contributed by atoms with E-state index in [1.165, 1.54) is 0 Å². The van der Waals surface area contributed by atoms with Gasteiger partial charge in [0.2, 0.25) is 0 Å². The highest BCUT2D eigenvalue weighted by Gasteiger charge is 2.48. The van der Waals surface area contributed by atoms with E-state index in [0.717, 1.165) is 12.0 Å². The zero-order chi connectivity index (χ0) is 14.9. The maximum Gasteiger partial charge on any atom is 0.138 e. The van der Waals surface area contributed by atoms with Crippen LogP contribution >= 0.6 is 23.2 Å². The second-order valence-corrected chi connectivity index (χ2v) is 6.08. The quantitative estimate of drug-likeness (QED) is 0.761. The Labute approximate surface area is 133 Å². The Bertz CT molecular complexity index is 629. The fraction of sp³-hybridized carbons (Fsp3) is 0.312. The molecule has 0 saturated carbocycles. The van der Waals surface area contributed by atoms with Crippen molar-refractivity contribution in [1.82, 2.24) is 4.98 Å². The molecule has 0 aliphatic carbocycles. The van der Waals surface area contributed by atoms with Crippen molar-refractivity contribution in [1.29, 1.82) is 0 Å². The lowest BCUT2D eigenvalue weighted by atomic mass is 9.95. The van der Waals surface area contributed by atoms with Crippen LogP contribution in [0.25, 0.3) is 0 Å². The van der Waals surface area contributed by atoms with Gasteiger partial charge in [0.15, 0.2) is 0 Å². The summed E-state index contributed by atoms with van der Waals surface area (Å²) in [5.41, 5.74) is 0.815. The lowest BCUT2D eigenvalue weighted by molar-refractivity contribution is 0.159. The monoisotopic (exact) mass is 323 g/mol. The van der Waals surface area contributed by atoms with E-state index >= 15 is 0 Å². The minimum atomic E-state index is -0.271. The number of nitrogens with zero attached hydrogens (tertiary/aromatic N) is 1. The summed E-state index contributed by atoms with van der Waals surface area (Å²) in [6.07, 6.45) is 4.31. The van der Waals surface area contributed by atoms with E-state index < -0.39 is 0 Å². The maximum absolute atomic E-state index is 6.13. The summed E-state index contributed by atoms with van der Waals surface area (Å²) in [6, 6.07) is 9.17. The van der Waals surface area contributed by atoms with Gasteiger partial charge in [-0.1, -0.05) is 29.3 Å². The van der Waals surface area contributed by atoms with Gasteiger partial charge < -0.3 is 9.47 Å². The fourth-order valence-corrected chi connectivity index (χ4v) is 2.87. The van der Waals surface area contributed by atoms with Crippen LogP contribution in [0.1, 0.15) is 18.9 Å². The molecular formula is C16H15Cl2NO2. The van der Waals surface area contributed by atoms with Gasteiger partial charge in [-0.15, -0.1) is 0 Å². The molecule has 2 atom stereocenters. The van der Waals surface area contributed by atoms with Crippen molar-refractivity contribution < 1.29 is 9.47 Å². The number of halogens is 2. The topological polar surface area (TPSA) is 34.7 Å². The van der Waals surface area contributed by atoms with Crippen LogP contribution in [-0.4, -0.2) is 17.7 Å². The molecule has 1 fully saturated rings. The highest BCUT2D eigenvalue weighted by atomic mass is 35.5. The molecule has 0 N–H and O–H groups in total. The van der Waals surface area contributed by atoms with Crippen molar-refractivity contribution in [2.45, 2.75) is 25.0 Å². The molecule has 0 radical (unpaired) electrons. The zero-order valence-electron chi connectivity index (χ0n) is 11.6. The van der Waals surface area contributed by atoms with Gasteiger partial charge in [0.05, 0.1) is 17.7 Å². The van der Waals surface area contributed by atoms with Gasteiger partial charge in [-0.05, 0) is 31.2 Å². The third kappa shape index (κ3) is 3.31. The number of rotatable bonds is 5. The molecule has 1 aromatic heterocycles. The van der Waals surface area contributed by atoms with Crippen molar-refractivity contribution in [2.24, 2.45) is 0 Å². The van der Waals surface area contributed by atoms with Crippen LogP contribution in [0, 0.1) is 0 Å². The second-order valence-electron chi connectivity index (χ2n) is 5.23. The normalized spacial score (nSPS) is 21.9. The first kappa shape index (κ1) is 14.6. The zero-order valence-corrected chi connectivity index (χ0v) is 13.1. The molecule has 1 aliphatic heterocycles. The largest absolute Gasteiger partial charge is 0.489 e. The van der Waals surface area contributed by atoms with Gasteiger partial charge >= 0.3 is 0 Å². The van der Waals surface area contributed by atoms with Crippen LogP contribution in [-0.2, 0) is 10.3 Å². The molecule has 1 aliphatic rings. The molecule has 1 aromatic carbocycles. The van der Waals surface area contributed by atoms with E-state index in [1.54, 1.807) is 24.4 Å². The summed E-state index contributed by atoms with van der Waals surface area (Å²) in [6.45, 7) is 2.70. The fourth-order valence-electron chi connectivity index (χ4n) is 2.42. The van der Waals surface area contributed by atoms with E-state index in [2.05, 4.69) is 4.98 Å². The predicted octanol–water partition coefficient (Wildman–Crippen LogP) is 4.47. The Balaban J connectivity index is 1.68. The third-order valence-corrected chi connectivity index (χ3v) is 4.05. The van der Waals surface area contributed by atoms with Crippen LogP contribution in [0.4, 0.5) is 0 Å². The summed E-state index contributed by atoms with van der Waals surface area (Å²) < 4.78 is 11.6. The van der Waals surface area contributed by atoms with Crippen LogP contribution in [0.15, 0.2) is 42.7 Å². The van der Waals surface area contributed by atoms with Gasteiger partial charge in [0.25, 0.3) is 0 Å². The summed E-state index contributed by atoms with van der Waals surface area (Å²) in [4.78, 5) is 4.15. The Hall–Kier alpha value is -1.29. The Kier molecular flexibility index (Phi) is 4.07. The molecule has 0 spiro atoms. The third-order valence-electron chi connectivity index (χ3n) is 3.52. The standard InChI is InChI=1S/C16H15Cl2NO2/c1-11(21-15-5-4-13(17)7-14(15)18)8-16(10-20-16)12-3-2-6-19-9-12/h2-7,9,11H,8,10H2,1H3. The lowest BCUT2D eigenvalue weighted by Gasteiger charge is -2.20. The second kappa shape index (κ2) is 5.84. The molecule has 2 heterocycles. The van der Waals surface area contributed by atoms with Gasteiger partial charge in [0, 0.05) is 29.4 Å². The van der Waals surface area contributed by atoms with Crippen LogP contribution in [0.2, 0.25) is 10.0 Å².